The first-order valence-electron chi connectivity index (χ1n) is 20.6. The molecule has 0 aliphatic rings. The summed E-state index contributed by atoms with van der Waals surface area (Å²) in [5, 5.41) is 0. The zero-order chi connectivity index (χ0) is 43.3. The Balaban J connectivity index is 0.000000397. The summed E-state index contributed by atoms with van der Waals surface area (Å²) in [5.41, 5.74) is 9.63. The van der Waals surface area contributed by atoms with E-state index < -0.39 is 0 Å². The molecule has 0 fully saturated rings. The van der Waals surface area contributed by atoms with Crippen LogP contribution in [-0.2, 0) is 7.05 Å². The van der Waals surface area contributed by atoms with E-state index in [0.29, 0.717) is 45.3 Å². The first kappa shape index (κ1) is 40.1. The Morgan fingerprint density at radius 2 is 0.825 bits per heavy atom. The van der Waals surface area contributed by atoms with Crippen molar-refractivity contribution >= 4 is 33.6 Å². The van der Waals surface area contributed by atoms with Crippen LogP contribution in [0.15, 0.2) is 200 Å². The lowest BCUT2D eigenvalue weighted by Crippen LogP contribution is -2.03. The van der Waals surface area contributed by atoms with E-state index in [4.69, 9.17) is 14.5 Å². The number of aromatic nitrogens is 4. The molecule has 63 heavy (non-hydrogen) atoms. The molecule has 306 valence electrons. The Kier molecular flexibility index (Phi) is 11.3. The first-order chi connectivity index (χ1) is 30.8. The van der Waals surface area contributed by atoms with Crippen LogP contribution in [0.25, 0.3) is 39.1 Å². The van der Waals surface area contributed by atoms with E-state index in [2.05, 4.69) is 26.3 Å². The molecule has 2 heterocycles. The second kappa shape index (κ2) is 17.7. The highest BCUT2D eigenvalue weighted by molar-refractivity contribution is 6.09. The molecule has 8 aromatic carbocycles. The normalized spacial score (nSPS) is 10.9. The van der Waals surface area contributed by atoms with Gasteiger partial charge in [0.25, 0.3) is 0 Å². The number of ether oxygens (including phenoxy) is 2. The molecule has 8 nitrogen and oxygen atoms in total. The molecule has 8 heteroatoms. The molecule has 10 rings (SSSR count). The number of benzene rings is 8. The van der Waals surface area contributed by atoms with E-state index in [1.165, 1.54) is 5.52 Å². The number of nitrogens with zero attached hydrogens (tertiary/aromatic N) is 4. The van der Waals surface area contributed by atoms with Crippen LogP contribution in [0, 0.1) is 13.8 Å². The fourth-order valence-electron chi connectivity index (χ4n) is 7.33. The van der Waals surface area contributed by atoms with Crippen LogP contribution in [0.5, 0.6) is 23.0 Å². The van der Waals surface area contributed by atoms with E-state index >= 15 is 0 Å². The summed E-state index contributed by atoms with van der Waals surface area (Å²) in [4.78, 5) is 35.5. The van der Waals surface area contributed by atoms with Gasteiger partial charge in [-0.1, -0.05) is 84.4 Å². The van der Waals surface area contributed by atoms with Gasteiger partial charge in [-0.3, -0.25) is 14.2 Å². The molecule has 0 saturated carbocycles. The highest BCUT2D eigenvalue weighted by Gasteiger charge is 2.16. The maximum Gasteiger partial charge on any atom is 0.193 e. The minimum Gasteiger partial charge on any atom is -0.457 e. The van der Waals surface area contributed by atoms with Crippen molar-refractivity contribution in [2.24, 2.45) is 7.05 Å². The van der Waals surface area contributed by atoms with Gasteiger partial charge >= 0.3 is 0 Å². The lowest BCUT2D eigenvalue weighted by molar-refractivity contribution is 0.103. The van der Waals surface area contributed by atoms with Gasteiger partial charge < -0.3 is 14.0 Å². The number of fused-ring (bicyclic) bond motifs is 2. The van der Waals surface area contributed by atoms with Crippen LogP contribution < -0.4 is 9.47 Å². The van der Waals surface area contributed by atoms with Gasteiger partial charge in [-0.05, 0) is 135 Å². The van der Waals surface area contributed by atoms with E-state index in [1.54, 1.807) is 48.5 Å². The van der Waals surface area contributed by atoms with Gasteiger partial charge in [-0.2, -0.15) is 0 Å². The Labute approximate surface area is 365 Å². The van der Waals surface area contributed by atoms with Gasteiger partial charge in [0.05, 0.1) is 22.1 Å². The molecule has 0 radical (unpaired) electrons. The van der Waals surface area contributed by atoms with Crippen molar-refractivity contribution in [1.29, 1.82) is 0 Å². The maximum atomic E-state index is 13.4. The Morgan fingerprint density at radius 3 is 1.32 bits per heavy atom. The zero-order valence-corrected chi connectivity index (χ0v) is 35.0. The third kappa shape index (κ3) is 8.78. The van der Waals surface area contributed by atoms with Crippen molar-refractivity contribution in [3.8, 4) is 40.1 Å². The fraction of sp³-hybridized carbons (Fsp3) is 0.0545. The van der Waals surface area contributed by atoms with Crippen molar-refractivity contribution in [2.45, 2.75) is 13.8 Å². The standard InChI is InChI=1S/C46H32N2O4.C9H10N2/c1-31-11-13-32(14-12-31)44(49)34-17-23-38(24-18-34)51-40-27-29-41(30-28-40)52-39-25-19-35(20-26-39)45(50)33-15-21-37(22-16-33)48-43-10-6-5-9-42(43)47-46(48)36-7-3-2-4-8-36;1-7-10-8-5-3-4-6-9(8)11(7)2/h2-30H,1H3;3-6H,1-2H3. The average Bonchev–Trinajstić information content (AvgIpc) is 3.86. The summed E-state index contributed by atoms with van der Waals surface area (Å²) in [5.74, 6) is 4.29. The van der Waals surface area contributed by atoms with Gasteiger partial charge in [0.15, 0.2) is 11.6 Å². The number of ketones is 2. The Morgan fingerprint density at radius 1 is 0.429 bits per heavy atom. The highest BCUT2D eigenvalue weighted by Crippen LogP contribution is 2.31. The SMILES string of the molecule is Cc1ccc(C(=O)c2ccc(Oc3ccc(Oc4ccc(C(=O)c5ccc(-n6c(-c7ccccc7)nc7ccccc76)cc5)cc4)cc3)cc2)cc1.Cc1nc2ccccc2n1C. The second-order valence-corrected chi connectivity index (χ2v) is 15.1. The molecule has 2 aromatic heterocycles. The van der Waals surface area contributed by atoms with Crippen LogP contribution in [-0.4, -0.2) is 30.7 Å². The lowest BCUT2D eigenvalue weighted by atomic mass is 10.0. The monoisotopic (exact) mass is 822 g/mol. The summed E-state index contributed by atoms with van der Waals surface area (Å²) in [7, 11) is 2.03. The molecule has 10 aromatic rings. The van der Waals surface area contributed by atoms with Gasteiger partial charge in [0, 0.05) is 40.6 Å². The zero-order valence-electron chi connectivity index (χ0n) is 35.0. The van der Waals surface area contributed by atoms with Crippen LogP contribution in [0.2, 0.25) is 0 Å². The molecule has 0 aliphatic carbocycles. The molecule has 0 unspecified atom stereocenters. The number of rotatable bonds is 10. The molecular formula is C55H42N4O4. The predicted molar refractivity (Wildman–Crippen MR) is 249 cm³/mol. The van der Waals surface area contributed by atoms with Crippen molar-refractivity contribution in [1.82, 2.24) is 19.1 Å². The summed E-state index contributed by atoms with van der Waals surface area (Å²) in [6.07, 6.45) is 0. The molecule has 0 atom stereocenters. The van der Waals surface area contributed by atoms with Crippen molar-refractivity contribution in [3.05, 3.63) is 234 Å². The third-order valence-electron chi connectivity index (χ3n) is 10.8. The van der Waals surface area contributed by atoms with E-state index in [-0.39, 0.29) is 11.6 Å². The smallest absolute Gasteiger partial charge is 0.193 e. The second-order valence-electron chi connectivity index (χ2n) is 15.1. The molecule has 0 N–H and O–H groups in total. The molecule has 0 aliphatic heterocycles. The molecular weight excluding hydrogens is 781 g/mol. The minimum atomic E-state index is -0.0779. The topological polar surface area (TPSA) is 88.2 Å². The summed E-state index contributed by atoms with van der Waals surface area (Å²) in [6.45, 7) is 4.01. The van der Waals surface area contributed by atoms with Crippen LogP contribution in [0.3, 0.4) is 0 Å². The van der Waals surface area contributed by atoms with Gasteiger partial charge in [0.1, 0.15) is 34.6 Å². The van der Waals surface area contributed by atoms with E-state index in [0.717, 1.165) is 45.0 Å². The number of aryl methyl sites for hydroxylation is 3. The number of para-hydroxylation sites is 4. The Hall–Kier alpha value is -8.36. The number of carbonyl (C=O) groups is 2. The predicted octanol–water partition coefficient (Wildman–Crippen LogP) is 12.9. The highest BCUT2D eigenvalue weighted by atomic mass is 16.5. The third-order valence-corrected chi connectivity index (χ3v) is 10.8. The number of hydrogen-bond acceptors (Lipinski definition) is 6. The van der Waals surface area contributed by atoms with Crippen molar-refractivity contribution in [3.63, 3.8) is 0 Å². The number of carbonyl (C=O) groups excluding carboxylic acids is 2. The number of imidazole rings is 2. The molecule has 0 spiro atoms. The van der Waals surface area contributed by atoms with Crippen LogP contribution in [0.4, 0.5) is 0 Å². The minimum absolute atomic E-state index is 0.0302. The average molecular weight is 823 g/mol. The van der Waals surface area contributed by atoms with Crippen LogP contribution >= 0.6 is 0 Å². The lowest BCUT2D eigenvalue weighted by Gasteiger charge is -2.11. The van der Waals surface area contributed by atoms with Crippen molar-refractivity contribution < 1.29 is 19.1 Å². The molecule has 0 saturated heterocycles. The van der Waals surface area contributed by atoms with Gasteiger partial charge in [-0.25, -0.2) is 9.97 Å². The van der Waals surface area contributed by atoms with Crippen molar-refractivity contribution in [2.75, 3.05) is 0 Å². The summed E-state index contributed by atoms with van der Waals surface area (Å²) < 4.78 is 16.2. The summed E-state index contributed by atoms with van der Waals surface area (Å²) >= 11 is 0. The van der Waals surface area contributed by atoms with E-state index in [1.807, 2.05) is 160 Å². The first-order valence-corrected chi connectivity index (χ1v) is 20.6. The Bertz CT molecular complexity index is 3190. The molecule has 0 bridgehead atoms. The van der Waals surface area contributed by atoms with Crippen LogP contribution in [0.1, 0.15) is 43.2 Å². The number of hydrogen-bond donors (Lipinski definition) is 0. The largest absolute Gasteiger partial charge is 0.457 e. The van der Waals surface area contributed by atoms with Gasteiger partial charge in [-0.15, -0.1) is 0 Å². The quantitative estimate of drug-likeness (QED) is 0.128. The summed E-state index contributed by atoms with van der Waals surface area (Å²) in [6, 6.07) is 63.0. The molecule has 0 amide bonds. The van der Waals surface area contributed by atoms with E-state index in [9.17, 15) is 9.59 Å². The fourth-order valence-corrected chi connectivity index (χ4v) is 7.33. The van der Waals surface area contributed by atoms with Gasteiger partial charge in [0.2, 0.25) is 0 Å². The maximum absolute atomic E-state index is 13.4.